The average molecular weight is 509 g/mol. The highest BCUT2D eigenvalue weighted by molar-refractivity contribution is 7.15. The molecule has 1 saturated carbocycles. The Hall–Kier alpha value is -2.93. The Balaban J connectivity index is 1.30. The van der Waals surface area contributed by atoms with Gasteiger partial charge in [-0.3, -0.25) is 0 Å². The van der Waals surface area contributed by atoms with Crippen LogP contribution in [0.15, 0.2) is 48.8 Å². The fourth-order valence-electron chi connectivity index (χ4n) is 5.71. The number of aromatic nitrogens is 2. The Morgan fingerprint density at radius 2 is 1.92 bits per heavy atom. The van der Waals surface area contributed by atoms with E-state index in [1.54, 1.807) is 18.3 Å². The lowest BCUT2D eigenvalue weighted by Crippen LogP contribution is -2.26. The molecule has 3 atom stereocenters. The fraction of sp³-hybridized carbons (Fsp3) is 0.414. The van der Waals surface area contributed by atoms with Crippen molar-refractivity contribution in [1.29, 1.82) is 0 Å². The van der Waals surface area contributed by atoms with Crippen molar-refractivity contribution in [2.75, 3.05) is 0 Å². The van der Waals surface area contributed by atoms with Crippen LogP contribution in [0.2, 0.25) is 0 Å². The number of aromatic amines is 1. The summed E-state index contributed by atoms with van der Waals surface area (Å²) in [6.45, 7) is 4.77. The number of thiophene rings is 1. The van der Waals surface area contributed by atoms with Gasteiger partial charge in [0.1, 0.15) is 5.65 Å². The van der Waals surface area contributed by atoms with Gasteiger partial charge in [-0.05, 0) is 54.9 Å². The number of hydrogen-bond acceptors (Lipinski definition) is 4. The predicted octanol–water partition coefficient (Wildman–Crippen LogP) is 8.99. The third-order valence-electron chi connectivity index (χ3n) is 7.87. The molecule has 4 heterocycles. The number of alkyl halides is 2. The summed E-state index contributed by atoms with van der Waals surface area (Å²) in [5.74, 6) is 2.20. The molecule has 0 spiro atoms. The van der Waals surface area contributed by atoms with Crippen molar-refractivity contribution in [3.05, 3.63) is 53.7 Å². The molecule has 0 bridgehead atoms. The number of halogens is 2. The summed E-state index contributed by atoms with van der Waals surface area (Å²) < 4.78 is 37.0. The number of hydrogen-bond donors (Lipinski definition) is 1. The Labute approximate surface area is 213 Å². The molecule has 2 aliphatic rings. The molecular formula is C29H30F2N2O2S. The molecule has 0 amide bonds. The summed E-state index contributed by atoms with van der Waals surface area (Å²) in [5, 5.41) is 0.858. The second-order valence-corrected chi connectivity index (χ2v) is 11.5. The first-order valence-electron chi connectivity index (χ1n) is 12.8. The van der Waals surface area contributed by atoms with Gasteiger partial charge in [0.2, 0.25) is 0 Å². The molecule has 0 radical (unpaired) electrons. The van der Waals surface area contributed by atoms with Gasteiger partial charge >= 0.3 is 6.29 Å². The SMILES string of the molecule is CC1CCCCC(C(C)c2ccc(-c3cnc4[nH]cc(-c5cccc6c5OC(F)(F)O6)c4c3)s2)CC1. The molecule has 1 aliphatic carbocycles. The van der Waals surface area contributed by atoms with E-state index in [9.17, 15) is 8.78 Å². The first kappa shape index (κ1) is 23.5. The van der Waals surface area contributed by atoms with E-state index < -0.39 is 6.29 Å². The molecule has 3 aromatic heterocycles. The molecule has 0 saturated heterocycles. The topological polar surface area (TPSA) is 47.1 Å². The lowest BCUT2D eigenvalue weighted by molar-refractivity contribution is -0.286. The van der Waals surface area contributed by atoms with Crippen LogP contribution in [-0.4, -0.2) is 16.3 Å². The Kier molecular flexibility index (Phi) is 5.98. The quantitative estimate of drug-likeness (QED) is 0.299. The fourth-order valence-corrected chi connectivity index (χ4v) is 6.85. The maximum Gasteiger partial charge on any atom is 0.586 e. The van der Waals surface area contributed by atoms with E-state index in [2.05, 4.69) is 46.8 Å². The molecule has 7 heteroatoms. The summed E-state index contributed by atoms with van der Waals surface area (Å²) >= 11 is 1.84. The summed E-state index contributed by atoms with van der Waals surface area (Å²) in [5.41, 5.74) is 3.03. The Morgan fingerprint density at radius 3 is 2.81 bits per heavy atom. The maximum absolute atomic E-state index is 13.8. The van der Waals surface area contributed by atoms with Crippen LogP contribution in [0.3, 0.4) is 0 Å². The largest absolute Gasteiger partial charge is 0.586 e. The third-order valence-corrected chi connectivity index (χ3v) is 9.20. The van der Waals surface area contributed by atoms with Gasteiger partial charge in [0.25, 0.3) is 0 Å². The first-order valence-corrected chi connectivity index (χ1v) is 13.7. The molecule has 3 unspecified atom stereocenters. The molecule has 1 fully saturated rings. The Morgan fingerprint density at radius 1 is 1.06 bits per heavy atom. The highest BCUT2D eigenvalue weighted by atomic mass is 32.1. The second kappa shape index (κ2) is 9.18. The number of benzene rings is 1. The molecular weight excluding hydrogens is 478 g/mol. The van der Waals surface area contributed by atoms with E-state index in [0.29, 0.717) is 17.1 Å². The van der Waals surface area contributed by atoms with Crippen LogP contribution >= 0.6 is 11.3 Å². The first-order chi connectivity index (χ1) is 17.4. The van der Waals surface area contributed by atoms with Gasteiger partial charge in [0.05, 0.1) is 0 Å². The van der Waals surface area contributed by atoms with Crippen LogP contribution in [0.25, 0.3) is 32.6 Å². The van der Waals surface area contributed by atoms with E-state index in [1.165, 1.54) is 54.3 Å². The molecule has 6 rings (SSSR count). The monoisotopic (exact) mass is 508 g/mol. The molecule has 1 aromatic carbocycles. The minimum absolute atomic E-state index is 0.0384. The average Bonchev–Trinajstić information content (AvgIpc) is 3.56. The van der Waals surface area contributed by atoms with Gasteiger partial charge in [-0.1, -0.05) is 51.7 Å². The standard InChI is InChI=1S/C29H30F2N2O2S/c1-17-6-3-4-7-19(11-10-17)18(2)25-12-13-26(36-25)20-14-22-23(16-33-28(22)32-15-20)21-8-5-9-24-27(21)35-29(30,31)34-24/h5,8-9,12-19H,3-4,6-7,10-11H2,1-2H3,(H,32,33). The van der Waals surface area contributed by atoms with Crippen molar-refractivity contribution in [2.45, 2.75) is 64.6 Å². The van der Waals surface area contributed by atoms with E-state index in [-0.39, 0.29) is 11.5 Å². The van der Waals surface area contributed by atoms with Crippen molar-refractivity contribution >= 4 is 22.4 Å². The van der Waals surface area contributed by atoms with E-state index >= 15 is 0 Å². The summed E-state index contributed by atoms with van der Waals surface area (Å²) in [6, 6.07) is 11.5. The van der Waals surface area contributed by atoms with Crippen LogP contribution in [0, 0.1) is 11.8 Å². The number of para-hydroxylation sites is 1. The van der Waals surface area contributed by atoms with Crippen molar-refractivity contribution in [3.8, 4) is 33.1 Å². The number of nitrogens with one attached hydrogen (secondary N) is 1. The number of H-pyrrole nitrogens is 1. The van der Waals surface area contributed by atoms with Crippen molar-refractivity contribution in [2.24, 2.45) is 11.8 Å². The summed E-state index contributed by atoms with van der Waals surface area (Å²) in [6.07, 6.45) is 8.00. The summed E-state index contributed by atoms with van der Waals surface area (Å²) in [7, 11) is 0. The smallest absolute Gasteiger partial charge is 0.395 e. The minimum Gasteiger partial charge on any atom is -0.395 e. The van der Waals surface area contributed by atoms with Crippen LogP contribution in [0.5, 0.6) is 11.5 Å². The molecule has 1 aliphatic heterocycles. The van der Waals surface area contributed by atoms with Crippen molar-refractivity contribution < 1.29 is 18.3 Å². The minimum atomic E-state index is -3.66. The van der Waals surface area contributed by atoms with Gasteiger partial charge in [-0.25, -0.2) is 4.98 Å². The van der Waals surface area contributed by atoms with Gasteiger partial charge in [0, 0.05) is 44.2 Å². The number of ether oxygens (including phenoxy) is 2. The normalized spacial score (nSPS) is 22.3. The van der Waals surface area contributed by atoms with E-state index in [1.807, 2.05) is 17.5 Å². The zero-order valence-corrected chi connectivity index (χ0v) is 21.3. The van der Waals surface area contributed by atoms with E-state index in [4.69, 9.17) is 4.74 Å². The lowest BCUT2D eigenvalue weighted by Gasteiger charge is -2.27. The predicted molar refractivity (Wildman–Crippen MR) is 140 cm³/mol. The van der Waals surface area contributed by atoms with Crippen LogP contribution in [0.1, 0.15) is 63.2 Å². The maximum atomic E-state index is 13.8. The van der Waals surface area contributed by atoms with Crippen LogP contribution < -0.4 is 9.47 Å². The van der Waals surface area contributed by atoms with Gasteiger partial charge in [0.15, 0.2) is 11.5 Å². The van der Waals surface area contributed by atoms with Gasteiger partial charge < -0.3 is 14.5 Å². The molecule has 36 heavy (non-hydrogen) atoms. The number of fused-ring (bicyclic) bond motifs is 2. The number of nitrogens with zero attached hydrogens (tertiary/aromatic N) is 1. The van der Waals surface area contributed by atoms with Crippen molar-refractivity contribution in [1.82, 2.24) is 9.97 Å². The van der Waals surface area contributed by atoms with Crippen LogP contribution in [0.4, 0.5) is 8.78 Å². The number of pyridine rings is 1. The molecule has 1 N–H and O–H groups in total. The highest BCUT2D eigenvalue weighted by Gasteiger charge is 2.44. The van der Waals surface area contributed by atoms with Gasteiger partial charge in [-0.15, -0.1) is 20.1 Å². The number of rotatable bonds is 4. The van der Waals surface area contributed by atoms with Gasteiger partial charge in [-0.2, -0.15) is 0 Å². The third kappa shape index (κ3) is 4.38. The second-order valence-electron chi connectivity index (χ2n) is 10.3. The molecule has 4 aromatic rings. The van der Waals surface area contributed by atoms with Crippen molar-refractivity contribution in [3.63, 3.8) is 0 Å². The highest BCUT2D eigenvalue weighted by Crippen LogP contribution is 2.48. The molecule has 4 nitrogen and oxygen atoms in total. The summed E-state index contributed by atoms with van der Waals surface area (Å²) in [4.78, 5) is 10.4. The zero-order chi connectivity index (χ0) is 24.9. The van der Waals surface area contributed by atoms with E-state index in [0.717, 1.165) is 28.3 Å². The lowest BCUT2D eigenvalue weighted by atomic mass is 9.79. The van der Waals surface area contributed by atoms with Crippen LogP contribution in [-0.2, 0) is 0 Å². The molecule has 188 valence electrons. The zero-order valence-electron chi connectivity index (χ0n) is 20.5. The Bertz CT molecular complexity index is 1400.